The number of rotatable bonds is 16. The van der Waals surface area contributed by atoms with E-state index in [4.69, 9.17) is 23.7 Å². The van der Waals surface area contributed by atoms with Crippen molar-refractivity contribution in [1.29, 1.82) is 0 Å². The van der Waals surface area contributed by atoms with E-state index >= 15 is 0 Å². The number of unbranched alkanes of at least 4 members (excludes halogenated alkanes) is 1. The number of ether oxygens (including phenoxy) is 5. The minimum atomic E-state index is -0.758. The van der Waals surface area contributed by atoms with Crippen molar-refractivity contribution in [2.75, 3.05) is 19.8 Å². The van der Waals surface area contributed by atoms with E-state index in [1.54, 1.807) is 12.1 Å². The number of esters is 4. The van der Waals surface area contributed by atoms with E-state index < -0.39 is 23.9 Å². The second-order valence-corrected chi connectivity index (χ2v) is 9.28. The summed E-state index contributed by atoms with van der Waals surface area (Å²) in [6.07, 6.45) is 3.00. The Kier molecular flexibility index (Phi) is 12.7. The highest BCUT2D eigenvalue weighted by Crippen LogP contribution is 2.25. The maximum absolute atomic E-state index is 12.6. The van der Waals surface area contributed by atoms with E-state index in [1.807, 2.05) is 43.3 Å². The molecular formula is C34H34O9. The molecule has 224 valence electrons. The predicted octanol–water partition coefficient (Wildman–Crippen LogP) is 6.27. The lowest BCUT2D eigenvalue weighted by Crippen LogP contribution is -2.15. The van der Waals surface area contributed by atoms with Crippen molar-refractivity contribution in [1.82, 2.24) is 0 Å². The largest absolute Gasteiger partial charge is 0.494 e. The molecule has 0 heterocycles. The average molecular weight is 587 g/mol. The molecule has 0 aliphatic rings. The topological polar surface area (TPSA) is 114 Å². The third kappa shape index (κ3) is 11.0. The molecule has 0 aliphatic carbocycles. The van der Waals surface area contributed by atoms with Crippen LogP contribution in [0.15, 0.2) is 97.6 Å². The summed E-state index contributed by atoms with van der Waals surface area (Å²) in [6.45, 7) is 9.91. The van der Waals surface area contributed by atoms with Crippen LogP contribution in [0.5, 0.6) is 17.2 Å². The molecule has 0 fully saturated rings. The van der Waals surface area contributed by atoms with Crippen molar-refractivity contribution in [3.8, 4) is 28.4 Å². The smallest absolute Gasteiger partial charge is 0.343 e. The fourth-order valence-electron chi connectivity index (χ4n) is 3.60. The summed E-state index contributed by atoms with van der Waals surface area (Å²) < 4.78 is 26.3. The van der Waals surface area contributed by atoms with Crippen LogP contribution in [0.3, 0.4) is 0 Å². The summed E-state index contributed by atoms with van der Waals surface area (Å²) in [5.41, 5.74) is 2.13. The van der Waals surface area contributed by atoms with Crippen molar-refractivity contribution >= 4 is 23.9 Å². The first kappa shape index (κ1) is 32.3. The van der Waals surface area contributed by atoms with Crippen molar-refractivity contribution in [3.63, 3.8) is 0 Å². The molecule has 9 heteroatoms. The van der Waals surface area contributed by atoms with Crippen LogP contribution in [-0.4, -0.2) is 43.7 Å². The number of carbonyl (C=O) groups is 4. The SMILES string of the molecule is C=CC(=O)OCCCCOc1ccc(-c2ccc(OC(=O)c3ccc(OC(=O)C(=C)CC(=O)OCCC)cc3)cc2)cc1. The van der Waals surface area contributed by atoms with Gasteiger partial charge in [-0.25, -0.2) is 14.4 Å². The first-order valence-corrected chi connectivity index (χ1v) is 13.8. The van der Waals surface area contributed by atoms with Gasteiger partial charge in [-0.05, 0) is 78.9 Å². The van der Waals surface area contributed by atoms with Gasteiger partial charge in [0.05, 0.1) is 31.8 Å². The van der Waals surface area contributed by atoms with Crippen LogP contribution < -0.4 is 14.2 Å². The Labute approximate surface area is 250 Å². The zero-order valence-electron chi connectivity index (χ0n) is 24.0. The highest BCUT2D eigenvalue weighted by atomic mass is 16.5. The maximum Gasteiger partial charge on any atom is 0.343 e. The summed E-state index contributed by atoms with van der Waals surface area (Å²) in [5, 5.41) is 0. The first-order chi connectivity index (χ1) is 20.8. The van der Waals surface area contributed by atoms with Crippen LogP contribution >= 0.6 is 0 Å². The van der Waals surface area contributed by atoms with Gasteiger partial charge in [-0.15, -0.1) is 0 Å². The monoisotopic (exact) mass is 586 g/mol. The van der Waals surface area contributed by atoms with Crippen LogP contribution in [-0.2, 0) is 23.9 Å². The molecule has 0 amide bonds. The molecule has 9 nitrogen and oxygen atoms in total. The molecular weight excluding hydrogens is 552 g/mol. The minimum Gasteiger partial charge on any atom is -0.494 e. The summed E-state index contributed by atoms with van der Waals surface area (Å²) in [6, 6.07) is 20.6. The van der Waals surface area contributed by atoms with Gasteiger partial charge in [0.15, 0.2) is 0 Å². The predicted molar refractivity (Wildman–Crippen MR) is 160 cm³/mol. The molecule has 0 spiro atoms. The summed E-state index contributed by atoms with van der Waals surface area (Å²) in [5.74, 6) is -1.02. The second-order valence-electron chi connectivity index (χ2n) is 9.28. The van der Waals surface area contributed by atoms with Crippen LogP contribution in [0, 0.1) is 0 Å². The molecule has 0 saturated heterocycles. The molecule has 0 atom stereocenters. The van der Waals surface area contributed by atoms with Crippen LogP contribution in [0.2, 0.25) is 0 Å². The Balaban J connectivity index is 1.45. The van der Waals surface area contributed by atoms with Crippen molar-refractivity contribution in [2.45, 2.75) is 32.6 Å². The molecule has 0 unspecified atom stereocenters. The normalized spacial score (nSPS) is 10.3. The molecule has 0 radical (unpaired) electrons. The van der Waals surface area contributed by atoms with Crippen molar-refractivity contribution in [2.24, 2.45) is 0 Å². The third-order valence-corrected chi connectivity index (χ3v) is 5.89. The Bertz CT molecular complexity index is 1410. The zero-order valence-corrected chi connectivity index (χ0v) is 24.0. The maximum atomic E-state index is 12.6. The highest BCUT2D eigenvalue weighted by molar-refractivity contribution is 5.95. The average Bonchev–Trinajstić information content (AvgIpc) is 3.02. The van der Waals surface area contributed by atoms with Gasteiger partial charge in [0, 0.05) is 11.6 Å². The molecule has 0 N–H and O–H groups in total. The second kappa shape index (κ2) is 16.9. The van der Waals surface area contributed by atoms with E-state index in [-0.39, 0.29) is 29.9 Å². The molecule has 43 heavy (non-hydrogen) atoms. The quantitative estimate of drug-likeness (QED) is 0.0829. The van der Waals surface area contributed by atoms with Crippen molar-refractivity contribution < 1.29 is 42.9 Å². The van der Waals surface area contributed by atoms with Gasteiger partial charge in [0.2, 0.25) is 0 Å². The lowest BCUT2D eigenvalue weighted by Gasteiger charge is -2.09. The molecule has 3 aromatic rings. The van der Waals surface area contributed by atoms with Gasteiger partial charge in [0.1, 0.15) is 17.2 Å². The summed E-state index contributed by atoms with van der Waals surface area (Å²) in [7, 11) is 0. The fraction of sp³-hybridized carbons (Fsp3) is 0.235. The van der Waals surface area contributed by atoms with E-state index in [0.717, 1.165) is 29.4 Å². The van der Waals surface area contributed by atoms with Crippen LogP contribution in [0.25, 0.3) is 11.1 Å². The lowest BCUT2D eigenvalue weighted by atomic mass is 10.1. The van der Waals surface area contributed by atoms with E-state index in [1.165, 1.54) is 24.3 Å². The first-order valence-electron chi connectivity index (χ1n) is 13.8. The third-order valence-electron chi connectivity index (χ3n) is 5.89. The number of benzene rings is 3. The van der Waals surface area contributed by atoms with Gasteiger partial charge in [-0.3, -0.25) is 4.79 Å². The van der Waals surface area contributed by atoms with Gasteiger partial charge in [-0.1, -0.05) is 44.3 Å². The molecule has 0 aromatic heterocycles. The van der Waals surface area contributed by atoms with Gasteiger partial charge in [-0.2, -0.15) is 0 Å². The van der Waals surface area contributed by atoms with Gasteiger partial charge in [0.25, 0.3) is 0 Å². The van der Waals surface area contributed by atoms with Crippen LogP contribution in [0.1, 0.15) is 43.0 Å². The number of hydrogen-bond acceptors (Lipinski definition) is 9. The molecule has 0 aliphatic heterocycles. The van der Waals surface area contributed by atoms with E-state index in [2.05, 4.69) is 13.2 Å². The van der Waals surface area contributed by atoms with Gasteiger partial charge < -0.3 is 23.7 Å². The fourth-order valence-corrected chi connectivity index (χ4v) is 3.60. The molecule has 3 aromatic carbocycles. The zero-order chi connectivity index (χ0) is 31.0. The summed E-state index contributed by atoms with van der Waals surface area (Å²) >= 11 is 0. The minimum absolute atomic E-state index is 0.0327. The Morgan fingerprint density at radius 2 is 1.26 bits per heavy atom. The lowest BCUT2D eigenvalue weighted by molar-refractivity contribution is -0.144. The molecule has 0 bridgehead atoms. The summed E-state index contributed by atoms with van der Waals surface area (Å²) in [4.78, 5) is 47.5. The molecule has 3 rings (SSSR count). The van der Waals surface area contributed by atoms with Crippen LogP contribution in [0.4, 0.5) is 0 Å². The van der Waals surface area contributed by atoms with Gasteiger partial charge >= 0.3 is 23.9 Å². The highest BCUT2D eigenvalue weighted by Gasteiger charge is 2.16. The number of carbonyl (C=O) groups excluding carboxylic acids is 4. The van der Waals surface area contributed by atoms with E-state index in [0.29, 0.717) is 31.8 Å². The Hall–Kier alpha value is -5.18. The van der Waals surface area contributed by atoms with E-state index in [9.17, 15) is 19.2 Å². The van der Waals surface area contributed by atoms with Crippen molar-refractivity contribution in [3.05, 3.63) is 103 Å². The Morgan fingerprint density at radius 3 is 1.86 bits per heavy atom. The standard InChI is InChI=1S/C34H34O9/c1-4-20-40-32(36)23-24(3)33(37)42-29-18-12-27(13-19-29)34(38)43-30-16-10-26(11-17-30)25-8-14-28(15-9-25)39-21-6-7-22-41-31(35)5-2/h5,8-19H,2-4,6-7,20-23H2,1H3. The molecule has 0 saturated carbocycles. The Morgan fingerprint density at radius 1 is 0.698 bits per heavy atom. The number of hydrogen-bond donors (Lipinski definition) is 0.